The average molecular weight is 209 g/mol. The number of alkyl halides is 1. The second-order valence-corrected chi connectivity index (χ2v) is 3.85. The van der Waals surface area contributed by atoms with Crippen molar-refractivity contribution in [1.82, 2.24) is 0 Å². The van der Waals surface area contributed by atoms with E-state index in [1.807, 2.05) is 6.07 Å². The Hall–Kier alpha value is -0.750. The summed E-state index contributed by atoms with van der Waals surface area (Å²) >= 11 is 5.61. The van der Waals surface area contributed by atoms with Crippen LogP contribution >= 0.6 is 11.6 Å². The lowest BCUT2D eigenvalue weighted by Crippen LogP contribution is -1.84. The number of allylic oxidation sites excluding steroid dienone is 1. The number of halogens is 1. The van der Waals surface area contributed by atoms with Crippen LogP contribution in [0, 0.1) is 0 Å². The van der Waals surface area contributed by atoms with E-state index < -0.39 is 0 Å². The summed E-state index contributed by atoms with van der Waals surface area (Å²) < 4.78 is 0. The molecule has 0 heterocycles. The normalized spacial score (nSPS) is 10.1. The van der Waals surface area contributed by atoms with Gasteiger partial charge in [-0.15, -0.1) is 11.6 Å². The fourth-order valence-corrected chi connectivity index (χ4v) is 1.62. The van der Waals surface area contributed by atoms with Gasteiger partial charge in [0.15, 0.2) is 0 Å². The number of benzene rings is 1. The summed E-state index contributed by atoms with van der Waals surface area (Å²) in [5.74, 6) is 0.776. The first-order chi connectivity index (χ1) is 6.84. The van der Waals surface area contributed by atoms with Crippen LogP contribution in [0.15, 0.2) is 36.9 Å². The van der Waals surface area contributed by atoms with E-state index in [1.165, 1.54) is 24.0 Å². The fourth-order valence-electron chi connectivity index (χ4n) is 1.43. The molecule has 0 unspecified atom stereocenters. The molecule has 1 aromatic carbocycles. The van der Waals surface area contributed by atoms with Gasteiger partial charge >= 0.3 is 0 Å². The van der Waals surface area contributed by atoms with Gasteiger partial charge in [0, 0.05) is 5.88 Å². The number of hydrogen-bond donors (Lipinski definition) is 0. The van der Waals surface area contributed by atoms with Crippen molar-refractivity contribution >= 4 is 17.2 Å². The van der Waals surface area contributed by atoms with Crippen molar-refractivity contribution in [3.05, 3.63) is 42.5 Å². The van der Waals surface area contributed by atoms with Crippen LogP contribution in [0.25, 0.3) is 5.57 Å². The predicted octanol–water partition coefficient (Wildman–Crippen LogP) is 4.50. The van der Waals surface area contributed by atoms with Gasteiger partial charge in [0.1, 0.15) is 0 Å². The molecule has 0 bridgehead atoms. The lowest BCUT2D eigenvalue weighted by Gasteiger charge is -2.04. The van der Waals surface area contributed by atoms with Crippen molar-refractivity contribution in [2.24, 2.45) is 0 Å². The zero-order valence-electron chi connectivity index (χ0n) is 8.51. The first kappa shape index (κ1) is 11.3. The maximum Gasteiger partial charge on any atom is 0.0223 e. The number of rotatable bonds is 6. The lowest BCUT2D eigenvalue weighted by molar-refractivity contribution is 0.739. The number of hydrogen-bond acceptors (Lipinski definition) is 0. The minimum absolute atomic E-state index is 0.776. The van der Waals surface area contributed by atoms with E-state index >= 15 is 0 Å². The molecule has 0 spiro atoms. The molecule has 0 amide bonds. The zero-order chi connectivity index (χ0) is 10.2. The van der Waals surface area contributed by atoms with Crippen LogP contribution in [-0.4, -0.2) is 5.88 Å². The molecule has 0 aliphatic heterocycles. The number of unbranched alkanes of at least 4 members (excludes halogenated alkanes) is 2. The first-order valence-electron chi connectivity index (χ1n) is 5.14. The SMILES string of the molecule is C=C(CCCCCCl)c1ccccc1. The third kappa shape index (κ3) is 3.97. The van der Waals surface area contributed by atoms with Crippen LogP contribution in [0.1, 0.15) is 31.2 Å². The van der Waals surface area contributed by atoms with Gasteiger partial charge in [-0.1, -0.05) is 43.3 Å². The van der Waals surface area contributed by atoms with Gasteiger partial charge < -0.3 is 0 Å². The minimum Gasteiger partial charge on any atom is -0.127 e. The fraction of sp³-hybridized carbons (Fsp3) is 0.385. The van der Waals surface area contributed by atoms with Crippen LogP contribution in [0.3, 0.4) is 0 Å². The van der Waals surface area contributed by atoms with Gasteiger partial charge in [-0.3, -0.25) is 0 Å². The van der Waals surface area contributed by atoms with Gasteiger partial charge in [-0.2, -0.15) is 0 Å². The van der Waals surface area contributed by atoms with E-state index in [0.717, 1.165) is 18.7 Å². The molecular formula is C13H17Cl. The highest BCUT2D eigenvalue weighted by Gasteiger charge is 1.97. The summed E-state index contributed by atoms with van der Waals surface area (Å²) in [5, 5.41) is 0. The van der Waals surface area contributed by atoms with Crippen molar-refractivity contribution in [3.8, 4) is 0 Å². The Morgan fingerprint density at radius 3 is 2.43 bits per heavy atom. The van der Waals surface area contributed by atoms with E-state index in [2.05, 4.69) is 30.8 Å². The molecule has 0 saturated heterocycles. The van der Waals surface area contributed by atoms with Gasteiger partial charge in [0.2, 0.25) is 0 Å². The maximum absolute atomic E-state index is 5.61. The van der Waals surface area contributed by atoms with Gasteiger partial charge in [0.05, 0.1) is 0 Å². The van der Waals surface area contributed by atoms with Crippen LogP contribution in [-0.2, 0) is 0 Å². The summed E-state index contributed by atoms with van der Waals surface area (Å²) in [4.78, 5) is 0. The van der Waals surface area contributed by atoms with Crippen LogP contribution < -0.4 is 0 Å². The second-order valence-electron chi connectivity index (χ2n) is 3.47. The highest BCUT2D eigenvalue weighted by atomic mass is 35.5. The molecule has 0 aliphatic carbocycles. The Labute approximate surface area is 91.6 Å². The molecule has 0 fully saturated rings. The molecule has 0 N–H and O–H groups in total. The van der Waals surface area contributed by atoms with E-state index in [1.54, 1.807) is 0 Å². The molecule has 1 aromatic rings. The lowest BCUT2D eigenvalue weighted by atomic mass is 10.0. The predicted molar refractivity (Wildman–Crippen MR) is 64.7 cm³/mol. The largest absolute Gasteiger partial charge is 0.127 e. The van der Waals surface area contributed by atoms with Crippen LogP contribution in [0.4, 0.5) is 0 Å². The molecule has 0 aliphatic rings. The summed E-state index contributed by atoms with van der Waals surface area (Å²) in [6.45, 7) is 4.09. The highest BCUT2D eigenvalue weighted by Crippen LogP contribution is 2.18. The summed E-state index contributed by atoms with van der Waals surface area (Å²) in [6.07, 6.45) is 4.60. The molecule has 76 valence electrons. The molecule has 1 heteroatoms. The summed E-state index contributed by atoms with van der Waals surface area (Å²) in [6, 6.07) is 10.4. The standard InChI is InChI=1S/C13H17Cl/c1-12(8-4-3-7-11-14)13-9-5-2-6-10-13/h2,5-6,9-10H,1,3-4,7-8,11H2. The van der Waals surface area contributed by atoms with Crippen LogP contribution in [0.2, 0.25) is 0 Å². The Balaban J connectivity index is 2.29. The Bertz CT molecular complexity index is 264. The monoisotopic (exact) mass is 208 g/mol. The third-order valence-corrected chi connectivity index (χ3v) is 2.56. The Morgan fingerprint density at radius 1 is 1.07 bits per heavy atom. The van der Waals surface area contributed by atoms with Crippen molar-refractivity contribution in [2.75, 3.05) is 5.88 Å². The Kier molecular flexibility index (Phi) is 5.39. The molecule has 1 rings (SSSR count). The highest BCUT2D eigenvalue weighted by molar-refractivity contribution is 6.17. The topological polar surface area (TPSA) is 0 Å². The van der Waals surface area contributed by atoms with Crippen LogP contribution in [0.5, 0.6) is 0 Å². The third-order valence-electron chi connectivity index (χ3n) is 2.29. The van der Waals surface area contributed by atoms with Gasteiger partial charge in [-0.25, -0.2) is 0 Å². The van der Waals surface area contributed by atoms with Gasteiger partial charge in [0.25, 0.3) is 0 Å². The summed E-state index contributed by atoms with van der Waals surface area (Å²) in [5.41, 5.74) is 2.50. The first-order valence-corrected chi connectivity index (χ1v) is 5.67. The smallest absolute Gasteiger partial charge is 0.0223 e. The van der Waals surface area contributed by atoms with Crippen molar-refractivity contribution in [1.29, 1.82) is 0 Å². The Morgan fingerprint density at radius 2 is 1.79 bits per heavy atom. The molecule has 0 atom stereocenters. The second kappa shape index (κ2) is 6.67. The van der Waals surface area contributed by atoms with Crippen molar-refractivity contribution < 1.29 is 0 Å². The van der Waals surface area contributed by atoms with E-state index in [9.17, 15) is 0 Å². The van der Waals surface area contributed by atoms with E-state index in [-0.39, 0.29) is 0 Å². The minimum atomic E-state index is 0.776. The van der Waals surface area contributed by atoms with E-state index in [4.69, 9.17) is 11.6 Å². The molecule has 0 aromatic heterocycles. The average Bonchev–Trinajstić information content (AvgIpc) is 2.25. The van der Waals surface area contributed by atoms with Crippen molar-refractivity contribution in [2.45, 2.75) is 25.7 Å². The maximum atomic E-state index is 5.61. The molecule has 14 heavy (non-hydrogen) atoms. The molecule has 0 nitrogen and oxygen atoms in total. The quantitative estimate of drug-likeness (QED) is 0.477. The molecule has 0 radical (unpaired) electrons. The van der Waals surface area contributed by atoms with Crippen molar-refractivity contribution in [3.63, 3.8) is 0 Å². The van der Waals surface area contributed by atoms with Gasteiger partial charge in [-0.05, 0) is 30.4 Å². The molecular weight excluding hydrogens is 192 g/mol. The summed E-state index contributed by atoms with van der Waals surface area (Å²) in [7, 11) is 0. The zero-order valence-corrected chi connectivity index (χ0v) is 9.26. The van der Waals surface area contributed by atoms with E-state index in [0.29, 0.717) is 0 Å². The molecule has 0 saturated carbocycles.